The third kappa shape index (κ3) is 2.89. The maximum Gasteiger partial charge on any atom is 0.254 e. The largest absolute Gasteiger partial charge is 0.334 e. The van der Waals surface area contributed by atoms with Crippen LogP contribution in [-0.2, 0) is 13.0 Å². The van der Waals surface area contributed by atoms with Gasteiger partial charge in [-0.25, -0.2) is 14.4 Å². The van der Waals surface area contributed by atoms with Crippen LogP contribution in [0.4, 0.5) is 4.39 Å². The Labute approximate surface area is 139 Å². The number of amides is 1. The number of carbonyl (C=O) groups excluding carboxylic acids is 1. The molecular weight excluding hydrogens is 307 g/mol. The predicted molar refractivity (Wildman–Crippen MR) is 86.9 cm³/mol. The predicted octanol–water partition coefficient (Wildman–Crippen LogP) is 2.24. The molecule has 1 atom stereocenters. The van der Waals surface area contributed by atoms with Crippen LogP contribution in [0.2, 0.25) is 0 Å². The minimum absolute atomic E-state index is 0.151. The average Bonchev–Trinajstić information content (AvgIpc) is 3.15. The van der Waals surface area contributed by atoms with Crippen molar-refractivity contribution in [1.82, 2.24) is 20.2 Å². The monoisotopic (exact) mass is 326 g/mol. The van der Waals surface area contributed by atoms with Gasteiger partial charge in [0.15, 0.2) is 0 Å². The molecule has 0 bridgehead atoms. The summed E-state index contributed by atoms with van der Waals surface area (Å²) in [6.07, 6.45) is 4.77. The molecule has 124 valence electrons. The number of aromatic nitrogens is 2. The Bertz CT molecular complexity index is 773. The van der Waals surface area contributed by atoms with E-state index in [-0.39, 0.29) is 11.9 Å². The molecule has 2 aliphatic rings. The third-order valence-corrected chi connectivity index (χ3v) is 4.68. The maximum atomic E-state index is 13.3. The van der Waals surface area contributed by atoms with Crippen LogP contribution in [0, 0.1) is 5.82 Å². The van der Waals surface area contributed by atoms with Gasteiger partial charge in [0.05, 0.1) is 11.7 Å². The van der Waals surface area contributed by atoms with Crippen molar-refractivity contribution in [3.8, 4) is 0 Å². The summed E-state index contributed by atoms with van der Waals surface area (Å²) in [4.78, 5) is 23.5. The fourth-order valence-corrected chi connectivity index (χ4v) is 3.38. The molecule has 0 aliphatic carbocycles. The zero-order chi connectivity index (χ0) is 16.5. The van der Waals surface area contributed by atoms with Gasteiger partial charge in [-0.2, -0.15) is 0 Å². The number of rotatable bonds is 2. The minimum Gasteiger partial charge on any atom is -0.334 e. The first-order valence-corrected chi connectivity index (χ1v) is 8.33. The summed E-state index contributed by atoms with van der Waals surface area (Å²) in [6, 6.07) is 6.08. The molecule has 4 rings (SSSR count). The van der Waals surface area contributed by atoms with Crippen LogP contribution in [0.15, 0.2) is 30.5 Å². The van der Waals surface area contributed by atoms with Crippen LogP contribution in [-0.4, -0.2) is 33.9 Å². The van der Waals surface area contributed by atoms with Crippen LogP contribution in [0.1, 0.15) is 46.3 Å². The normalized spacial score (nSPS) is 20.0. The molecule has 0 radical (unpaired) electrons. The van der Waals surface area contributed by atoms with Crippen molar-refractivity contribution in [1.29, 1.82) is 0 Å². The highest BCUT2D eigenvalue weighted by molar-refractivity contribution is 5.94. The van der Waals surface area contributed by atoms with Gasteiger partial charge in [0.2, 0.25) is 0 Å². The first-order chi connectivity index (χ1) is 11.7. The van der Waals surface area contributed by atoms with Crippen LogP contribution >= 0.6 is 0 Å². The molecule has 0 spiro atoms. The Balaban J connectivity index is 1.52. The molecule has 6 heteroatoms. The van der Waals surface area contributed by atoms with Crippen LogP contribution in [0.3, 0.4) is 0 Å². The zero-order valence-electron chi connectivity index (χ0n) is 13.3. The molecule has 3 heterocycles. The molecule has 1 fully saturated rings. The Morgan fingerprint density at radius 3 is 3.08 bits per heavy atom. The molecule has 1 unspecified atom stereocenters. The van der Waals surface area contributed by atoms with Crippen LogP contribution < -0.4 is 5.32 Å². The molecule has 1 amide bonds. The van der Waals surface area contributed by atoms with E-state index in [0.717, 1.165) is 36.5 Å². The highest BCUT2D eigenvalue weighted by Gasteiger charge is 2.25. The number of hydrogen-bond acceptors (Lipinski definition) is 4. The van der Waals surface area contributed by atoms with E-state index in [1.54, 1.807) is 17.0 Å². The van der Waals surface area contributed by atoms with Gasteiger partial charge in [-0.15, -0.1) is 0 Å². The van der Waals surface area contributed by atoms with E-state index in [0.29, 0.717) is 25.1 Å². The summed E-state index contributed by atoms with van der Waals surface area (Å²) in [5.41, 5.74) is 2.39. The molecule has 24 heavy (non-hydrogen) atoms. The molecule has 0 saturated carbocycles. The number of fused-ring (bicyclic) bond motifs is 1. The molecule has 5 nitrogen and oxygen atoms in total. The van der Waals surface area contributed by atoms with Crippen molar-refractivity contribution in [2.75, 3.05) is 13.1 Å². The molecule has 1 aromatic heterocycles. The first kappa shape index (κ1) is 15.2. The average molecular weight is 326 g/mol. The second-order valence-electron chi connectivity index (χ2n) is 6.34. The van der Waals surface area contributed by atoms with Crippen LogP contribution in [0.25, 0.3) is 0 Å². The summed E-state index contributed by atoms with van der Waals surface area (Å²) in [5, 5.41) is 3.41. The number of nitrogens with one attached hydrogen (secondary N) is 1. The molecular formula is C18H19FN4O. The van der Waals surface area contributed by atoms with Crippen molar-refractivity contribution in [2.24, 2.45) is 0 Å². The lowest BCUT2D eigenvalue weighted by Gasteiger charge is -2.28. The number of nitrogens with zero attached hydrogens (tertiary/aromatic N) is 3. The second-order valence-corrected chi connectivity index (χ2v) is 6.34. The van der Waals surface area contributed by atoms with E-state index in [1.165, 1.54) is 12.1 Å². The van der Waals surface area contributed by atoms with Crippen molar-refractivity contribution in [2.45, 2.75) is 31.8 Å². The highest BCUT2D eigenvalue weighted by Crippen LogP contribution is 2.23. The Morgan fingerprint density at radius 1 is 1.38 bits per heavy atom. The molecule has 2 aromatic rings. The van der Waals surface area contributed by atoms with E-state index in [1.807, 2.05) is 6.20 Å². The van der Waals surface area contributed by atoms with Gasteiger partial charge in [-0.3, -0.25) is 4.79 Å². The maximum absolute atomic E-state index is 13.3. The summed E-state index contributed by atoms with van der Waals surface area (Å²) in [7, 11) is 0. The topological polar surface area (TPSA) is 58.1 Å². The smallest absolute Gasteiger partial charge is 0.254 e. The van der Waals surface area contributed by atoms with Crippen LogP contribution in [0.5, 0.6) is 0 Å². The van der Waals surface area contributed by atoms with Crippen molar-refractivity contribution >= 4 is 5.91 Å². The van der Waals surface area contributed by atoms with Gasteiger partial charge in [-0.1, -0.05) is 6.07 Å². The first-order valence-electron chi connectivity index (χ1n) is 8.33. The molecule has 1 aromatic carbocycles. The van der Waals surface area contributed by atoms with Gasteiger partial charge in [0.1, 0.15) is 11.6 Å². The van der Waals surface area contributed by atoms with Gasteiger partial charge in [0.25, 0.3) is 5.91 Å². The Kier molecular flexibility index (Phi) is 3.98. The van der Waals surface area contributed by atoms with Gasteiger partial charge in [-0.05, 0) is 37.6 Å². The molecule has 1 N–H and O–H groups in total. The lowest BCUT2D eigenvalue weighted by atomic mass is 10.1. The van der Waals surface area contributed by atoms with Gasteiger partial charge in [0, 0.05) is 36.8 Å². The quantitative estimate of drug-likeness (QED) is 0.919. The lowest BCUT2D eigenvalue weighted by Crippen LogP contribution is -2.36. The number of halogens is 1. The summed E-state index contributed by atoms with van der Waals surface area (Å²) in [6.45, 7) is 2.08. The van der Waals surface area contributed by atoms with Crippen molar-refractivity contribution < 1.29 is 9.18 Å². The summed E-state index contributed by atoms with van der Waals surface area (Å²) >= 11 is 0. The SMILES string of the molecule is O=C(c1cccc(F)c1)N1CCc2nc(C3CCCN3)ncc2C1. The summed E-state index contributed by atoms with van der Waals surface area (Å²) < 4.78 is 13.3. The van der Waals surface area contributed by atoms with E-state index >= 15 is 0 Å². The number of benzene rings is 1. The van der Waals surface area contributed by atoms with Crippen molar-refractivity contribution in [3.05, 3.63) is 58.9 Å². The van der Waals surface area contributed by atoms with E-state index in [9.17, 15) is 9.18 Å². The number of hydrogen-bond donors (Lipinski definition) is 1. The number of carbonyl (C=O) groups is 1. The highest BCUT2D eigenvalue weighted by atomic mass is 19.1. The van der Waals surface area contributed by atoms with Crippen molar-refractivity contribution in [3.63, 3.8) is 0 Å². The Hall–Kier alpha value is -2.34. The fraction of sp³-hybridized carbons (Fsp3) is 0.389. The molecule has 2 aliphatic heterocycles. The van der Waals surface area contributed by atoms with Gasteiger partial charge >= 0.3 is 0 Å². The van der Waals surface area contributed by atoms with E-state index in [2.05, 4.69) is 10.3 Å². The second kappa shape index (κ2) is 6.28. The minimum atomic E-state index is -0.393. The Morgan fingerprint density at radius 2 is 2.29 bits per heavy atom. The van der Waals surface area contributed by atoms with E-state index in [4.69, 9.17) is 4.98 Å². The third-order valence-electron chi connectivity index (χ3n) is 4.68. The van der Waals surface area contributed by atoms with Gasteiger partial charge < -0.3 is 10.2 Å². The summed E-state index contributed by atoms with van der Waals surface area (Å²) in [5.74, 6) is 0.313. The standard InChI is InChI=1S/C18H19FN4O/c19-14-4-1-3-12(9-14)18(24)23-8-6-15-13(11-23)10-21-17(22-15)16-5-2-7-20-16/h1,3-4,9-10,16,20H,2,5-8,11H2. The van der Waals surface area contributed by atoms with E-state index < -0.39 is 5.82 Å². The fourth-order valence-electron chi connectivity index (χ4n) is 3.38. The lowest BCUT2D eigenvalue weighted by molar-refractivity contribution is 0.0732. The molecule has 1 saturated heterocycles. The zero-order valence-corrected chi connectivity index (χ0v) is 13.3.